The van der Waals surface area contributed by atoms with Crippen molar-refractivity contribution in [1.29, 1.82) is 0 Å². The summed E-state index contributed by atoms with van der Waals surface area (Å²) in [5.74, 6) is -0.912. The molecule has 1 amide bonds. The highest BCUT2D eigenvalue weighted by Crippen LogP contribution is 2.26. The van der Waals surface area contributed by atoms with E-state index < -0.39 is 11.9 Å². The summed E-state index contributed by atoms with van der Waals surface area (Å²) in [6.07, 6.45) is 3.61. The smallest absolute Gasteiger partial charge is 0.323 e. The van der Waals surface area contributed by atoms with Crippen LogP contribution in [0.3, 0.4) is 0 Å². The van der Waals surface area contributed by atoms with Gasteiger partial charge < -0.3 is 10.0 Å². The normalized spacial score (nSPS) is 14.1. The molecule has 0 radical (unpaired) electrons. The molecular formula is C22H22N4O3. The van der Waals surface area contributed by atoms with Gasteiger partial charge in [0.1, 0.15) is 6.54 Å². The molecule has 4 rings (SSSR count). The van der Waals surface area contributed by atoms with Crippen molar-refractivity contribution in [3.8, 4) is 17.1 Å². The van der Waals surface area contributed by atoms with E-state index in [0.717, 1.165) is 36.9 Å². The van der Waals surface area contributed by atoms with E-state index in [1.54, 1.807) is 4.68 Å². The van der Waals surface area contributed by atoms with Crippen LogP contribution in [0.25, 0.3) is 17.1 Å². The van der Waals surface area contributed by atoms with Gasteiger partial charge in [0.2, 0.25) is 5.82 Å². The van der Waals surface area contributed by atoms with E-state index in [2.05, 4.69) is 10.1 Å². The maximum absolute atomic E-state index is 13.2. The Hall–Kier alpha value is -3.48. The summed E-state index contributed by atoms with van der Waals surface area (Å²) in [7, 11) is 0. The standard InChI is InChI=1S/C22H22N4O3/c27-19(28)15-25(17-11-7-8-12-17)22(29)20-23-21(16-9-3-1-4-10-16)26(24-20)18-13-5-2-6-14-18/h1-6,9-10,13-14,17H,7-8,11-12,15H2,(H,27,28). The Morgan fingerprint density at radius 2 is 1.62 bits per heavy atom. The SMILES string of the molecule is O=C(O)CN(C(=O)c1nc(-c2ccccc2)n(-c2ccccc2)n1)C1CCCC1. The molecular weight excluding hydrogens is 368 g/mol. The largest absolute Gasteiger partial charge is 0.480 e. The predicted octanol–water partition coefficient (Wildman–Crippen LogP) is 3.40. The zero-order chi connectivity index (χ0) is 20.2. The number of carbonyl (C=O) groups excluding carboxylic acids is 1. The fourth-order valence-electron chi connectivity index (χ4n) is 3.78. The number of rotatable bonds is 6. The number of nitrogens with zero attached hydrogens (tertiary/aromatic N) is 4. The van der Waals surface area contributed by atoms with Gasteiger partial charge in [0.05, 0.1) is 5.69 Å². The number of amides is 1. The maximum atomic E-state index is 13.2. The first-order valence-corrected chi connectivity index (χ1v) is 9.74. The average Bonchev–Trinajstić information content (AvgIpc) is 3.43. The van der Waals surface area contributed by atoms with E-state index in [-0.39, 0.29) is 18.4 Å². The molecule has 3 aromatic rings. The minimum atomic E-state index is -1.03. The highest BCUT2D eigenvalue weighted by molar-refractivity contribution is 5.93. The maximum Gasteiger partial charge on any atom is 0.323 e. The van der Waals surface area contributed by atoms with Gasteiger partial charge in [0.15, 0.2) is 5.82 Å². The minimum Gasteiger partial charge on any atom is -0.480 e. The van der Waals surface area contributed by atoms with Crippen molar-refractivity contribution in [2.24, 2.45) is 0 Å². The van der Waals surface area contributed by atoms with Crippen LogP contribution in [0.1, 0.15) is 36.3 Å². The van der Waals surface area contributed by atoms with Crippen molar-refractivity contribution in [2.75, 3.05) is 6.54 Å². The molecule has 2 aromatic carbocycles. The van der Waals surface area contributed by atoms with Crippen molar-refractivity contribution in [1.82, 2.24) is 19.7 Å². The monoisotopic (exact) mass is 390 g/mol. The molecule has 7 heteroatoms. The molecule has 148 valence electrons. The number of carbonyl (C=O) groups is 2. The molecule has 0 spiro atoms. The van der Waals surface area contributed by atoms with E-state index in [1.807, 2.05) is 60.7 Å². The molecule has 0 unspecified atom stereocenters. The number of benzene rings is 2. The summed E-state index contributed by atoms with van der Waals surface area (Å²) in [5, 5.41) is 13.8. The van der Waals surface area contributed by atoms with Crippen LogP contribution in [0.5, 0.6) is 0 Å². The van der Waals surface area contributed by atoms with Crippen LogP contribution in [0.4, 0.5) is 0 Å². The zero-order valence-electron chi connectivity index (χ0n) is 15.9. The van der Waals surface area contributed by atoms with Gasteiger partial charge in [-0.1, -0.05) is 61.4 Å². The summed E-state index contributed by atoms with van der Waals surface area (Å²) in [5.41, 5.74) is 1.61. The zero-order valence-corrected chi connectivity index (χ0v) is 15.9. The molecule has 0 saturated heterocycles. The Labute approximate surface area is 168 Å². The van der Waals surface area contributed by atoms with Crippen LogP contribution in [-0.2, 0) is 4.79 Å². The van der Waals surface area contributed by atoms with Crippen molar-refractivity contribution in [3.05, 3.63) is 66.5 Å². The third-order valence-electron chi connectivity index (χ3n) is 5.16. The van der Waals surface area contributed by atoms with Crippen molar-refractivity contribution in [3.63, 3.8) is 0 Å². The highest BCUT2D eigenvalue weighted by atomic mass is 16.4. The summed E-state index contributed by atoms with van der Waals surface area (Å²) in [4.78, 5) is 30.5. The Kier molecular flexibility index (Phi) is 5.37. The fraction of sp³-hybridized carbons (Fsp3) is 0.273. The number of aromatic nitrogens is 3. The second kappa shape index (κ2) is 8.26. The van der Waals surface area contributed by atoms with Gasteiger partial charge in [-0.15, -0.1) is 5.10 Å². The number of hydrogen-bond acceptors (Lipinski definition) is 4. The predicted molar refractivity (Wildman–Crippen MR) is 108 cm³/mol. The van der Waals surface area contributed by atoms with Crippen LogP contribution < -0.4 is 0 Å². The van der Waals surface area contributed by atoms with Gasteiger partial charge >= 0.3 is 5.97 Å². The summed E-state index contributed by atoms with van der Waals surface area (Å²) < 4.78 is 1.64. The molecule has 0 atom stereocenters. The molecule has 29 heavy (non-hydrogen) atoms. The first-order chi connectivity index (χ1) is 14.1. The molecule has 1 N–H and O–H groups in total. The van der Waals surface area contributed by atoms with Gasteiger partial charge in [-0.05, 0) is 25.0 Å². The number of hydrogen-bond donors (Lipinski definition) is 1. The van der Waals surface area contributed by atoms with Crippen LogP contribution in [0.15, 0.2) is 60.7 Å². The molecule has 0 aliphatic heterocycles. The Balaban J connectivity index is 1.76. The van der Waals surface area contributed by atoms with Crippen LogP contribution in [-0.4, -0.2) is 49.2 Å². The Morgan fingerprint density at radius 1 is 1.00 bits per heavy atom. The van der Waals surface area contributed by atoms with Gasteiger partial charge in [-0.25, -0.2) is 9.67 Å². The third-order valence-corrected chi connectivity index (χ3v) is 5.16. The van der Waals surface area contributed by atoms with Gasteiger partial charge in [0, 0.05) is 11.6 Å². The number of carboxylic acids is 1. The van der Waals surface area contributed by atoms with Crippen LogP contribution in [0.2, 0.25) is 0 Å². The topological polar surface area (TPSA) is 88.3 Å². The first kappa shape index (κ1) is 18.9. The minimum absolute atomic E-state index is 0.0147. The van der Waals surface area contributed by atoms with Crippen molar-refractivity contribution in [2.45, 2.75) is 31.7 Å². The molecule has 1 heterocycles. The van der Waals surface area contributed by atoms with Gasteiger partial charge in [-0.2, -0.15) is 0 Å². The van der Waals surface area contributed by atoms with E-state index in [4.69, 9.17) is 0 Å². The quantitative estimate of drug-likeness (QED) is 0.697. The second-order valence-electron chi connectivity index (χ2n) is 7.14. The summed E-state index contributed by atoms with van der Waals surface area (Å²) >= 11 is 0. The lowest BCUT2D eigenvalue weighted by Crippen LogP contribution is -2.42. The fourth-order valence-corrected chi connectivity index (χ4v) is 3.78. The summed E-state index contributed by atoms with van der Waals surface area (Å²) in [6, 6.07) is 18.9. The first-order valence-electron chi connectivity index (χ1n) is 9.74. The highest BCUT2D eigenvalue weighted by Gasteiger charge is 2.32. The molecule has 1 fully saturated rings. The molecule has 1 aromatic heterocycles. The van der Waals surface area contributed by atoms with E-state index >= 15 is 0 Å². The second-order valence-corrected chi connectivity index (χ2v) is 7.14. The van der Waals surface area contributed by atoms with Crippen LogP contribution in [0, 0.1) is 0 Å². The Bertz CT molecular complexity index is 938. The number of aliphatic carboxylic acids is 1. The van der Waals surface area contributed by atoms with Crippen LogP contribution >= 0.6 is 0 Å². The Morgan fingerprint density at radius 3 is 2.24 bits per heavy atom. The molecule has 1 saturated carbocycles. The summed E-state index contributed by atoms with van der Waals surface area (Å²) in [6.45, 7) is -0.343. The lowest BCUT2D eigenvalue weighted by Gasteiger charge is -2.26. The molecule has 7 nitrogen and oxygen atoms in total. The van der Waals surface area contributed by atoms with E-state index in [1.165, 1.54) is 4.90 Å². The number of para-hydroxylation sites is 1. The lowest BCUT2D eigenvalue weighted by atomic mass is 10.2. The molecule has 1 aliphatic rings. The average molecular weight is 390 g/mol. The number of carboxylic acid groups (broad SMARTS) is 1. The van der Waals surface area contributed by atoms with Gasteiger partial charge in [0.25, 0.3) is 5.91 Å². The third kappa shape index (κ3) is 4.03. The van der Waals surface area contributed by atoms with Crippen molar-refractivity contribution >= 4 is 11.9 Å². The molecule has 0 bridgehead atoms. The van der Waals surface area contributed by atoms with E-state index in [9.17, 15) is 14.7 Å². The van der Waals surface area contributed by atoms with Gasteiger partial charge in [-0.3, -0.25) is 9.59 Å². The molecule has 1 aliphatic carbocycles. The lowest BCUT2D eigenvalue weighted by molar-refractivity contribution is -0.138. The van der Waals surface area contributed by atoms with Crippen molar-refractivity contribution < 1.29 is 14.7 Å². The van der Waals surface area contributed by atoms with E-state index in [0.29, 0.717) is 5.82 Å².